The molecular weight excluding hydrogens is 376 g/mol. The van der Waals surface area contributed by atoms with Crippen molar-refractivity contribution in [2.24, 2.45) is 0 Å². The highest BCUT2D eigenvalue weighted by atomic mass is 15.2. The zero-order chi connectivity index (χ0) is 20.3. The van der Waals surface area contributed by atoms with Gasteiger partial charge in [0.15, 0.2) is 0 Å². The van der Waals surface area contributed by atoms with Crippen molar-refractivity contribution < 1.29 is 0 Å². The van der Waals surface area contributed by atoms with E-state index in [0.717, 1.165) is 36.1 Å². The van der Waals surface area contributed by atoms with Gasteiger partial charge in [0, 0.05) is 61.1 Å². The van der Waals surface area contributed by atoms with Crippen LogP contribution in [0.4, 0.5) is 17.5 Å². The van der Waals surface area contributed by atoms with Crippen molar-refractivity contribution in [1.29, 1.82) is 5.26 Å². The van der Waals surface area contributed by atoms with E-state index in [2.05, 4.69) is 42.6 Å². The van der Waals surface area contributed by atoms with E-state index in [9.17, 15) is 0 Å². The average molecular weight is 400 g/mol. The lowest BCUT2D eigenvalue weighted by atomic mass is 9.97. The molecule has 3 aromatic rings. The summed E-state index contributed by atoms with van der Waals surface area (Å²) in [5.41, 5.74) is 0.885. The van der Waals surface area contributed by atoms with Crippen molar-refractivity contribution in [3.05, 3.63) is 43.0 Å². The molecule has 0 unspecified atom stereocenters. The first-order valence-corrected chi connectivity index (χ1v) is 10.5. The molecule has 0 aliphatic carbocycles. The summed E-state index contributed by atoms with van der Waals surface area (Å²) in [5, 5.41) is 16.9. The van der Waals surface area contributed by atoms with Gasteiger partial charge in [0.25, 0.3) is 0 Å². The maximum atomic E-state index is 8.95. The Morgan fingerprint density at radius 1 is 1.10 bits per heavy atom. The monoisotopic (exact) mass is 400 g/mol. The molecule has 30 heavy (non-hydrogen) atoms. The summed E-state index contributed by atoms with van der Waals surface area (Å²) in [4.78, 5) is 20.3. The minimum absolute atomic E-state index is 0.364. The Labute approximate surface area is 175 Å². The molecule has 2 fully saturated rings. The zero-order valence-electron chi connectivity index (χ0n) is 16.7. The molecule has 3 atom stereocenters. The molecule has 5 rings (SSSR count). The maximum absolute atomic E-state index is 8.95. The van der Waals surface area contributed by atoms with Crippen LogP contribution >= 0.6 is 0 Å². The molecule has 2 saturated heterocycles. The van der Waals surface area contributed by atoms with E-state index in [-0.39, 0.29) is 0 Å². The number of hydrogen-bond donors (Lipinski definition) is 2. The van der Waals surface area contributed by atoms with Crippen molar-refractivity contribution in [2.45, 2.75) is 50.2 Å². The fourth-order valence-corrected chi connectivity index (χ4v) is 4.87. The Morgan fingerprint density at radius 3 is 2.73 bits per heavy atom. The van der Waals surface area contributed by atoms with Crippen molar-refractivity contribution in [3.8, 4) is 6.07 Å². The number of nitrogens with one attached hydrogen (secondary N) is 2. The van der Waals surface area contributed by atoms with Crippen molar-refractivity contribution in [2.75, 3.05) is 17.2 Å². The lowest BCUT2D eigenvalue weighted by molar-refractivity contribution is 0.136. The second-order valence-corrected chi connectivity index (χ2v) is 7.99. The summed E-state index contributed by atoms with van der Waals surface area (Å²) >= 11 is 0. The minimum Gasteiger partial charge on any atom is -0.367 e. The smallest absolute Gasteiger partial charge is 0.150 e. The second kappa shape index (κ2) is 8.20. The quantitative estimate of drug-likeness (QED) is 0.648. The summed E-state index contributed by atoms with van der Waals surface area (Å²) in [6, 6.07) is 9.70. The van der Waals surface area contributed by atoms with Gasteiger partial charge in [0.1, 0.15) is 17.5 Å². The SMILES string of the molecule is N#CCCN1[C@@H]2CC[C@H]1C[C@H](Nc1nc(Nc3cnccn3)cc3ncccc13)C2. The van der Waals surface area contributed by atoms with Gasteiger partial charge in [-0.3, -0.25) is 14.9 Å². The van der Waals surface area contributed by atoms with Crippen LogP contribution in [-0.4, -0.2) is 49.5 Å². The van der Waals surface area contributed by atoms with Crippen molar-refractivity contribution >= 4 is 28.4 Å². The molecular formula is C22H24N8. The zero-order valence-corrected chi connectivity index (χ0v) is 16.7. The van der Waals surface area contributed by atoms with Crippen LogP contribution < -0.4 is 10.6 Å². The Bertz CT molecular complexity index is 1050. The van der Waals surface area contributed by atoms with E-state index >= 15 is 0 Å². The molecule has 2 aliphatic heterocycles. The molecule has 2 aliphatic rings. The molecule has 152 valence electrons. The highest BCUT2D eigenvalue weighted by Gasteiger charge is 2.40. The summed E-state index contributed by atoms with van der Waals surface area (Å²) in [6.07, 6.45) is 12.0. The Balaban J connectivity index is 1.38. The Morgan fingerprint density at radius 2 is 1.97 bits per heavy atom. The number of aromatic nitrogens is 4. The highest BCUT2D eigenvalue weighted by Crippen LogP contribution is 2.37. The summed E-state index contributed by atoms with van der Waals surface area (Å²) in [5.74, 6) is 2.19. The lowest BCUT2D eigenvalue weighted by Crippen LogP contribution is -2.47. The third-order valence-corrected chi connectivity index (χ3v) is 6.13. The fourth-order valence-electron chi connectivity index (χ4n) is 4.87. The number of nitrogens with zero attached hydrogens (tertiary/aromatic N) is 6. The minimum atomic E-state index is 0.364. The molecule has 0 radical (unpaired) electrons. The number of anilines is 3. The number of pyridine rings is 2. The molecule has 0 amide bonds. The molecule has 0 saturated carbocycles. The van der Waals surface area contributed by atoms with E-state index < -0.39 is 0 Å². The fraction of sp³-hybridized carbons (Fsp3) is 0.409. The van der Waals surface area contributed by atoms with Gasteiger partial charge in [-0.05, 0) is 37.8 Å². The van der Waals surface area contributed by atoms with Crippen LogP contribution in [0.1, 0.15) is 32.1 Å². The van der Waals surface area contributed by atoms with E-state index in [1.807, 2.05) is 12.1 Å². The number of piperidine rings is 1. The van der Waals surface area contributed by atoms with E-state index in [1.165, 1.54) is 12.8 Å². The van der Waals surface area contributed by atoms with Gasteiger partial charge in [-0.15, -0.1) is 0 Å². The van der Waals surface area contributed by atoms with Crippen LogP contribution in [0.15, 0.2) is 43.0 Å². The van der Waals surface area contributed by atoms with E-state index in [4.69, 9.17) is 10.2 Å². The second-order valence-electron chi connectivity index (χ2n) is 7.99. The summed E-state index contributed by atoms with van der Waals surface area (Å²) in [6.45, 7) is 0.890. The molecule has 0 aromatic carbocycles. The van der Waals surface area contributed by atoms with Crippen LogP contribution in [0.5, 0.6) is 0 Å². The molecule has 2 bridgehead atoms. The van der Waals surface area contributed by atoms with Gasteiger partial charge >= 0.3 is 0 Å². The summed E-state index contributed by atoms with van der Waals surface area (Å²) in [7, 11) is 0. The van der Waals surface area contributed by atoms with Gasteiger partial charge < -0.3 is 10.6 Å². The van der Waals surface area contributed by atoms with Gasteiger partial charge in [-0.2, -0.15) is 5.26 Å². The van der Waals surface area contributed by atoms with Gasteiger partial charge in [0.05, 0.1) is 17.8 Å². The summed E-state index contributed by atoms with van der Waals surface area (Å²) < 4.78 is 0. The number of nitriles is 1. The van der Waals surface area contributed by atoms with Crippen LogP contribution in [0.25, 0.3) is 10.9 Å². The van der Waals surface area contributed by atoms with E-state index in [1.54, 1.807) is 24.8 Å². The molecule has 8 nitrogen and oxygen atoms in total. The molecule has 2 N–H and O–H groups in total. The third-order valence-electron chi connectivity index (χ3n) is 6.13. The topological polar surface area (TPSA) is 103 Å². The van der Waals surface area contributed by atoms with Gasteiger partial charge in [-0.1, -0.05) is 0 Å². The standard InChI is InChI=1S/C22H24N8/c23-6-2-10-30-16-4-5-17(30)12-15(11-16)27-22-18-3-1-7-25-19(18)13-20(29-22)28-21-14-24-8-9-26-21/h1,3,7-9,13-17H,2,4-5,10-12H2,(H2,26,27,28,29)/t15-,16-,17+. The van der Waals surface area contributed by atoms with E-state index in [0.29, 0.717) is 36.2 Å². The van der Waals surface area contributed by atoms with Gasteiger partial charge in [-0.25, -0.2) is 9.97 Å². The van der Waals surface area contributed by atoms with Gasteiger partial charge in [0.2, 0.25) is 0 Å². The first kappa shape index (κ1) is 18.7. The van der Waals surface area contributed by atoms with Crippen LogP contribution in [0, 0.1) is 11.3 Å². The maximum Gasteiger partial charge on any atom is 0.150 e. The number of fused-ring (bicyclic) bond motifs is 3. The Hall–Kier alpha value is -3.31. The predicted molar refractivity (Wildman–Crippen MR) is 115 cm³/mol. The van der Waals surface area contributed by atoms with Crippen LogP contribution in [0.3, 0.4) is 0 Å². The number of rotatable bonds is 6. The first-order chi connectivity index (χ1) is 14.8. The number of hydrogen-bond acceptors (Lipinski definition) is 8. The van der Waals surface area contributed by atoms with Crippen LogP contribution in [-0.2, 0) is 0 Å². The predicted octanol–water partition coefficient (Wildman–Crippen LogP) is 3.48. The van der Waals surface area contributed by atoms with Crippen LogP contribution in [0.2, 0.25) is 0 Å². The third kappa shape index (κ3) is 3.76. The normalized spacial score (nSPS) is 23.2. The molecule has 0 spiro atoms. The largest absolute Gasteiger partial charge is 0.367 e. The van der Waals surface area contributed by atoms with Crippen molar-refractivity contribution in [3.63, 3.8) is 0 Å². The molecule has 3 aromatic heterocycles. The Kier molecular flexibility index (Phi) is 5.11. The average Bonchev–Trinajstić information content (AvgIpc) is 3.01. The molecule has 8 heteroatoms. The van der Waals surface area contributed by atoms with Crippen molar-refractivity contribution in [1.82, 2.24) is 24.8 Å². The highest BCUT2D eigenvalue weighted by molar-refractivity contribution is 5.91. The first-order valence-electron chi connectivity index (χ1n) is 10.5. The lowest BCUT2D eigenvalue weighted by Gasteiger charge is -2.39. The molecule has 5 heterocycles.